The molecule has 0 aromatic heterocycles. The highest BCUT2D eigenvalue weighted by Gasteiger charge is 2.31. The molecule has 63 heavy (non-hydrogen) atoms. The highest BCUT2D eigenvalue weighted by atomic mass is 79.9. The van der Waals surface area contributed by atoms with Crippen molar-refractivity contribution in [2.75, 3.05) is 13.2 Å². The van der Waals surface area contributed by atoms with Gasteiger partial charge in [0.05, 0.1) is 24.3 Å². The zero-order valence-electron chi connectivity index (χ0n) is 35.4. The Bertz CT molecular complexity index is 2270. The molecule has 1 amide bonds. The smallest absolute Gasteiger partial charge is 0.416 e. The number of carbonyl (C=O) groups excluding carboxylic acids is 3. The van der Waals surface area contributed by atoms with Crippen LogP contribution < -0.4 is 19.5 Å². The van der Waals surface area contributed by atoms with E-state index in [2.05, 4.69) is 51.0 Å². The first-order valence-electron chi connectivity index (χ1n) is 21.3. The van der Waals surface area contributed by atoms with E-state index in [1.54, 1.807) is 66.7 Å². The van der Waals surface area contributed by atoms with E-state index < -0.39 is 35.6 Å². The van der Waals surface area contributed by atoms with Crippen LogP contribution in [0.3, 0.4) is 0 Å². The molecule has 0 fully saturated rings. The quantitative estimate of drug-likeness (QED) is 0.0395. The molecule has 0 saturated carbocycles. The van der Waals surface area contributed by atoms with E-state index in [9.17, 15) is 27.6 Å². The van der Waals surface area contributed by atoms with Gasteiger partial charge in [-0.25, -0.2) is 9.59 Å². The molecule has 1 atom stereocenters. The van der Waals surface area contributed by atoms with Gasteiger partial charge in [-0.3, -0.25) is 4.79 Å². The van der Waals surface area contributed by atoms with E-state index >= 15 is 0 Å². The molecule has 8 nitrogen and oxygen atoms in total. The maximum Gasteiger partial charge on any atom is 0.416 e. The lowest BCUT2D eigenvalue weighted by Gasteiger charge is -2.19. The molecule has 0 heterocycles. The van der Waals surface area contributed by atoms with Crippen molar-refractivity contribution in [3.63, 3.8) is 0 Å². The fraction of sp³-hybridized carbons (Fsp3) is 0.340. The van der Waals surface area contributed by atoms with Crippen molar-refractivity contribution < 1.29 is 46.5 Å². The number of hydrogen-bond donors (Lipinski definition) is 1. The SMILES string of the molecule is CCCCCCCOc1ccc(Br)cc1C(=O)N[C@@H](Cc1ccc(-c2ccccc2Oc2ccc(C(F)(F)F)cc2)cc1)C(=O)OC(=O)c1cc(Br)ccc1OCCCCCCC. The summed E-state index contributed by atoms with van der Waals surface area (Å²) in [5, 5.41) is 2.81. The number of benzene rings is 5. The van der Waals surface area contributed by atoms with E-state index in [1.807, 2.05) is 12.1 Å². The number of esters is 2. The summed E-state index contributed by atoms with van der Waals surface area (Å²) in [5.41, 5.74) is 1.48. The molecule has 0 aliphatic rings. The number of unbranched alkanes of at least 4 members (excludes halogenated alkanes) is 8. The Morgan fingerprint density at radius 3 is 1.78 bits per heavy atom. The van der Waals surface area contributed by atoms with Crippen LogP contribution in [0.2, 0.25) is 0 Å². The van der Waals surface area contributed by atoms with Gasteiger partial charge in [-0.15, -0.1) is 0 Å². The van der Waals surface area contributed by atoms with Gasteiger partial charge in [0.2, 0.25) is 0 Å². The van der Waals surface area contributed by atoms with E-state index in [4.69, 9.17) is 18.9 Å². The van der Waals surface area contributed by atoms with Gasteiger partial charge in [0.15, 0.2) is 0 Å². The molecule has 0 unspecified atom stereocenters. The topological polar surface area (TPSA) is 100 Å². The van der Waals surface area contributed by atoms with E-state index in [0.717, 1.165) is 81.9 Å². The maximum atomic E-state index is 14.1. The summed E-state index contributed by atoms with van der Waals surface area (Å²) < 4.78 is 64.2. The number of alkyl halides is 3. The molecule has 5 aromatic carbocycles. The molecule has 5 rings (SSSR count). The lowest BCUT2D eigenvalue weighted by atomic mass is 9.99. The van der Waals surface area contributed by atoms with Crippen LogP contribution in [0.25, 0.3) is 11.1 Å². The molecule has 0 aliphatic carbocycles. The Morgan fingerprint density at radius 2 is 1.19 bits per heavy atom. The minimum Gasteiger partial charge on any atom is -0.493 e. The number of halogens is 5. The number of hydrogen-bond acceptors (Lipinski definition) is 7. The van der Waals surface area contributed by atoms with Crippen LogP contribution >= 0.6 is 31.9 Å². The number of para-hydroxylation sites is 1. The van der Waals surface area contributed by atoms with Crippen LogP contribution in [0.4, 0.5) is 13.2 Å². The summed E-state index contributed by atoms with van der Waals surface area (Å²) in [4.78, 5) is 41.8. The average Bonchev–Trinajstić information content (AvgIpc) is 3.27. The van der Waals surface area contributed by atoms with Gasteiger partial charge in [0.1, 0.15) is 34.6 Å². The fourth-order valence-corrected chi connectivity index (χ4v) is 7.43. The highest BCUT2D eigenvalue weighted by Crippen LogP contribution is 2.36. The predicted molar refractivity (Wildman–Crippen MR) is 246 cm³/mol. The summed E-state index contributed by atoms with van der Waals surface area (Å²) in [6, 6.07) is 27.3. The molecular weight excluding hydrogens is 943 g/mol. The lowest BCUT2D eigenvalue weighted by Crippen LogP contribution is -2.44. The molecule has 0 bridgehead atoms. The van der Waals surface area contributed by atoms with Gasteiger partial charge in [0, 0.05) is 20.9 Å². The third kappa shape index (κ3) is 15.3. The summed E-state index contributed by atoms with van der Waals surface area (Å²) in [7, 11) is 0. The number of ether oxygens (including phenoxy) is 4. The van der Waals surface area contributed by atoms with Crippen molar-refractivity contribution in [2.24, 2.45) is 0 Å². The molecule has 0 radical (unpaired) electrons. The van der Waals surface area contributed by atoms with E-state index in [-0.39, 0.29) is 29.0 Å². The van der Waals surface area contributed by atoms with Gasteiger partial charge in [-0.05, 0) is 90.7 Å². The first-order valence-corrected chi connectivity index (χ1v) is 22.9. The lowest BCUT2D eigenvalue weighted by molar-refractivity contribution is -0.140. The van der Waals surface area contributed by atoms with Crippen molar-refractivity contribution in [1.82, 2.24) is 5.32 Å². The van der Waals surface area contributed by atoms with Crippen molar-refractivity contribution in [1.29, 1.82) is 0 Å². The molecule has 0 saturated heterocycles. The second-order valence-electron chi connectivity index (χ2n) is 15.1. The Labute approximate surface area is 384 Å². The molecular formula is C50H52Br2F3NO7. The zero-order valence-corrected chi connectivity index (χ0v) is 38.6. The predicted octanol–water partition coefficient (Wildman–Crippen LogP) is 14.1. The standard InChI is InChI=1S/C50H52Br2F3NO7/c1-3-5-7-9-13-29-60-44-27-23-37(51)32-41(44)47(57)56-43(49(59)63-48(58)42-33-38(52)24-28-45(42)61-30-14-10-8-6-4-2)31-34-17-19-35(20-18-34)40-15-11-12-16-46(40)62-39-25-21-36(22-26-39)50(53,54)55/h11-12,15-28,32-33,43H,3-10,13-14,29-31H2,1-2H3,(H,56,57)/t43-/m0/s1. The minimum atomic E-state index is -4.47. The van der Waals surface area contributed by atoms with Gasteiger partial charge in [-0.2, -0.15) is 13.2 Å². The maximum absolute atomic E-state index is 14.1. The zero-order chi connectivity index (χ0) is 45.2. The molecule has 334 valence electrons. The average molecular weight is 996 g/mol. The summed E-state index contributed by atoms with van der Waals surface area (Å²) in [5.74, 6) is -1.25. The van der Waals surface area contributed by atoms with Crippen LogP contribution in [0.5, 0.6) is 23.0 Å². The third-order valence-electron chi connectivity index (χ3n) is 10.1. The van der Waals surface area contributed by atoms with Gasteiger partial charge in [-0.1, -0.05) is 140 Å². The minimum absolute atomic E-state index is 0.0525. The van der Waals surface area contributed by atoms with Crippen molar-refractivity contribution in [3.05, 3.63) is 140 Å². The number of rotatable bonds is 23. The Balaban J connectivity index is 1.37. The number of nitrogens with one attached hydrogen (secondary N) is 1. The second kappa shape index (κ2) is 24.6. The molecule has 13 heteroatoms. The van der Waals surface area contributed by atoms with Gasteiger partial charge in [0.25, 0.3) is 5.91 Å². The monoisotopic (exact) mass is 993 g/mol. The van der Waals surface area contributed by atoms with Crippen molar-refractivity contribution in [3.8, 4) is 34.1 Å². The first-order chi connectivity index (χ1) is 30.4. The van der Waals surface area contributed by atoms with Gasteiger partial charge < -0.3 is 24.3 Å². The van der Waals surface area contributed by atoms with Crippen LogP contribution in [0.1, 0.15) is 110 Å². The normalized spacial score (nSPS) is 11.7. The Hall–Kier alpha value is -5.14. The van der Waals surface area contributed by atoms with Crippen molar-refractivity contribution >= 4 is 49.7 Å². The van der Waals surface area contributed by atoms with E-state index in [0.29, 0.717) is 44.8 Å². The third-order valence-corrected chi connectivity index (χ3v) is 11.1. The molecule has 0 aliphatic heterocycles. The van der Waals surface area contributed by atoms with Crippen LogP contribution in [-0.2, 0) is 22.1 Å². The fourth-order valence-electron chi connectivity index (χ4n) is 6.70. The summed E-state index contributed by atoms with van der Waals surface area (Å²) >= 11 is 6.86. The largest absolute Gasteiger partial charge is 0.493 e. The van der Waals surface area contributed by atoms with Gasteiger partial charge >= 0.3 is 18.1 Å². The molecule has 5 aromatic rings. The second-order valence-corrected chi connectivity index (χ2v) is 16.9. The van der Waals surface area contributed by atoms with Crippen LogP contribution in [0.15, 0.2) is 118 Å². The van der Waals surface area contributed by atoms with Crippen LogP contribution in [-0.4, -0.2) is 37.1 Å². The van der Waals surface area contributed by atoms with Crippen LogP contribution in [0, 0.1) is 0 Å². The van der Waals surface area contributed by atoms with E-state index in [1.165, 1.54) is 18.2 Å². The molecule has 0 spiro atoms. The summed E-state index contributed by atoms with van der Waals surface area (Å²) in [6.07, 6.45) is 5.74. The Morgan fingerprint density at radius 1 is 0.635 bits per heavy atom. The van der Waals surface area contributed by atoms with Crippen molar-refractivity contribution in [2.45, 2.75) is 96.7 Å². The Kier molecular flexibility index (Phi) is 19.1. The number of amides is 1. The summed E-state index contributed by atoms with van der Waals surface area (Å²) in [6.45, 7) is 5.08. The first kappa shape index (κ1) is 48.9. The highest BCUT2D eigenvalue weighted by molar-refractivity contribution is 9.10. The number of carbonyl (C=O) groups is 3. The molecule has 1 N–H and O–H groups in total.